The van der Waals surface area contributed by atoms with Gasteiger partial charge >= 0.3 is 0 Å². The monoisotopic (exact) mass is 362 g/mol. The fourth-order valence-electron chi connectivity index (χ4n) is 3.59. The Hall–Kier alpha value is -3.12. The number of amides is 1. The van der Waals surface area contributed by atoms with Gasteiger partial charge in [0.15, 0.2) is 0 Å². The molecule has 0 bridgehead atoms. The number of hydrogen-bond donors (Lipinski definition) is 2. The average Bonchev–Trinajstić information content (AvgIpc) is 3.05. The van der Waals surface area contributed by atoms with Crippen LogP contribution in [-0.2, 0) is 6.54 Å². The third kappa shape index (κ3) is 3.31. The van der Waals surface area contributed by atoms with Gasteiger partial charge in [0.05, 0.1) is 5.56 Å². The first-order chi connectivity index (χ1) is 13.0. The van der Waals surface area contributed by atoms with Crippen LogP contribution in [0.5, 0.6) is 5.75 Å². The Morgan fingerprint density at radius 2 is 2.15 bits per heavy atom. The molecule has 138 valence electrons. The quantitative estimate of drug-likeness (QED) is 0.747. The van der Waals surface area contributed by atoms with Crippen LogP contribution < -0.4 is 5.73 Å². The molecular weight excluding hydrogens is 340 g/mol. The number of aromatic hydroxyl groups is 1. The number of fused-ring (bicyclic) bond motifs is 1. The number of pyridine rings is 1. The average molecular weight is 362 g/mol. The molecule has 1 aliphatic rings. The molecule has 0 atom stereocenters. The number of aromatic nitrogens is 2. The molecule has 0 fully saturated rings. The van der Waals surface area contributed by atoms with Crippen molar-refractivity contribution in [3.8, 4) is 5.75 Å². The van der Waals surface area contributed by atoms with Crippen LogP contribution >= 0.6 is 0 Å². The molecule has 3 aromatic rings. The van der Waals surface area contributed by atoms with E-state index in [1.165, 1.54) is 11.1 Å². The summed E-state index contributed by atoms with van der Waals surface area (Å²) in [4.78, 5) is 18.1. The number of carbonyl (C=O) groups excluding carboxylic acids is 1. The van der Waals surface area contributed by atoms with Crippen molar-refractivity contribution < 1.29 is 9.90 Å². The van der Waals surface area contributed by atoms with Crippen molar-refractivity contribution in [2.24, 2.45) is 5.73 Å². The second-order valence-electron chi connectivity index (χ2n) is 7.00. The molecule has 3 heterocycles. The summed E-state index contributed by atoms with van der Waals surface area (Å²) in [5.74, 6) is -0.732. The standard InChI is InChI=1S/C21H22N4O2/c1-24-9-5-15(6-10-24)16-4-8-23-21-17(16)7-11-25(21)13-14-2-3-18(20(22)27)19(26)12-14/h2-5,7-8,11-12,26H,6,9-10,13H2,1H3,(H2,22,27). The molecule has 6 nitrogen and oxygen atoms in total. The van der Waals surface area contributed by atoms with E-state index in [0.29, 0.717) is 6.54 Å². The van der Waals surface area contributed by atoms with Crippen LogP contribution in [0.15, 0.2) is 48.8 Å². The highest BCUT2D eigenvalue weighted by atomic mass is 16.3. The molecule has 27 heavy (non-hydrogen) atoms. The second kappa shape index (κ2) is 6.89. The van der Waals surface area contributed by atoms with Crippen LogP contribution in [0.4, 0.5) is 0 Å². The lowest BCUT2D eigenvalue weighted by molar-refractivity contribution is 0.0997. The zero-order chi connectivity index (χ0) is 19.0. The molecule has 1 aromatic carbocycles. The summed E-state index contributed by atoms with van der Waals surface area (Å²) < 4.78 is 2.05. The van der Waals surface area contributed by atoms with E-state index in [-0.39, 0.29) is 11.3 Å². The van der Waals surface area contributed by atoms with Crippen LogP contribution in [-0.4, -0.2) is 45.6 Å². The second-order valence-corrected chi connectivity index (χ2v) is 7.00. The molecule has 1 amide bonds. The fraction of sp³-hybridized carbons (Fsp3) is 0.238. The number of likely N-dealkylation sites (N-methyl/N-ethyl adjacent to an activating group) is 1. The van der Waals surface area contributed by atoms with Gasteiger partial charge in [0.1, 0.15) is 11.4 Å². The largest absolute Gasteiger partial charge is 0.507 e. The maximum absolute atomic E-state index is 11.3. The van der Waals surface area contributed by atoms with E-state index >= 15 is 0 Å². The lowest BCUT2D eigenvalue weighted by atomic mass is 9.98. The van der Waals surface area contributed by atoms with E-state index in [4.69, 9.17) is 5.73 Å². The molecule has 4 rings (SSSR count). The fourth-order valence-corrected chi connectivity index (χ4v) is 3.59. The number of phenols is 1. The van der Waals surface area contributed by atoms with Gasteiger partial charge in [0.25, 0.3) is 5.91 Å². The van der Waals surface area contributed by atoms with E-state index in [0.717, 1.165) is 36.1 Å². The topological polar surface area (TPSA) is 84.4 Å². The maximum atomic E-state index is 11.3. The van der Waals surface area contributed by atoms with Gasteiger partial charge in [-0.15, -0.1) is 0 Å². The Kier molecular flexibility index (Phi) is 4.41. The molecule has 1 aliphatic heterocycles. The van der Waals surface area contributed by atoms with Crippen molar-refractivity contribution in [2.75, 3.05) is 20.1 Å². The zero-order valence-electron chi connectivity index (χ0n) is 15.2. The Morgan fingerprint density at radius 1 is 1.30 bits per heavy atom. The Morgan fingerprint density at radius 3 is 2.85 bits per heavy atom. The molecule has 0 saturated carbocycles. The Labute approximate surface area is 157 Å². The van der Waals surface area contributed by atoms with Gasteiger partial charge in [0.2, 0.25) is 0 Å². The van der Waals surface area contributed by atoms with Gasteiger partial charge in [-0.1, -0.05) is 12.1 Å². The first kappa shape index (κ1) is 17.3. The number of primary amides is 1. The van der Waals surface area contributed by atoms with E-state index < -0.39 is 5.91 Å². The molecule has 0 saturated heterocycles. The summed E-state index contributed by atoms with van der Waals surface area (Å²) in [6, 6.07) is 9.11. The van der Waals surface area contributed by atoms with Crippen LogP contribution in [0.1, 0.15) is 27.9 Å². The van der Waals surface area contributed by atoms with Gasteiger partial charge in [-0.2, -0.15) is 0 Å². The van der Waals surface area contributed by atoms with Gasteiger partial charge in [0, 0.05) is 37.4 Å². The summed E-state index contributed by atoms with van der Waals surface area (Å²) in [6.07, 6.45) is 7.18. The number of carbonyl (C=O) groups is 1. The summed E-state index contributed by atoms with van der Waals surface area (Å²) >= 11 is 0. The minimum Gasteiger partial charge on any atom is -0.507 e. The molecule has 0 spiro atoms. The van der Waals surface area contributed by atoms with E-state index in [1.807, 2.05) is 17.0 Å². The molecule has 0 aliphatic carbocycles. The van der Waals surface area contributed by atoms with E-state index in [9.17, 15) is 9.90 Å². The molecule has 6 heteroatoms. The van der Waals surface area contributed by atoms with Crippen molar-refractivity contribution in [3.63, 3.8) is 0 Å². The summed E-state index contributed by atoms with van der Waals surface area (Å²) in [5.41, 5.74) is 9.76. The first-order valence-corrected chi connectivity index (χ1v) is 8.96. The number of hydrogen-bond acceptors (Lipinski definition) is 4. The molecule has 2 aromatic heterocycles. The molecular formula is C21H22N4O2. The van der Waals surface area contributed by atoms with Crippen LogP contribution in [0, 0.1) is 0 Å². The van der Waals surface area contributed by atoms with Crippen molar-refractivity contribution in [1.29, 1.82) is 0 Å². The normalized spacial score (nSPS) is 15.1. The number of nitrogens with two attached hydrogens (primary N) is 1. The smallest absolute Gasteiger partial charge is 0.252 e. The predicted octanol–water partition coefficient (Wildman–Crippen LogP) is 2.61. The summed E-state index contributed by atoms with van der Waals surface area (Å²) in [5, 5.41) is 11.1. The summed E-state index contributed by atoms with van der Waals surface area (Å²) in [7, 11) is 2.13. The van der Waals surface area contributed by atoms with Crippen LogP contribution in [0.3, 0.4) is 0 Å². The number of rotatable bonds is 4. The SMILES string of the molecule is CN1CC=C(c2ccnc3c2ccn3Cc2ccc(C(N)=O)c(O)c2)CC1. The number of nitrogens with zero attached hydrogens (tertiary/aromatic N) is 3. The van der Waals surface area contributed by atoms with Gasteiger partial charge in [-0.25, -0.2) is 4.98 Å². The summed E-state index contributed by atoms with van der Waals surface area (Å²) in [6.45, 7) is 2.57. The lowest BCUT2D eigenvalue weighted by Gasteiger charge is -2.22. The zero-order valence-corrected chi connectivity index (χ0v) is 15.2. The van der Waals surface area contributed by atoms with Crippen molar-refractivity contribution in [2.45, 2.75) is 13.0 Å². The molecule has 3 N–H and O–H groups in total. The minimum atomic E-state index is -0.636. The number of benzene rings is 1. The van der Waals surface area contributed by atoms with Crippen molar-refractivity contribution in [1.82, 2.24) is 14.5 Å². The van der Waals surface area contributed by atoms with Crippen LogP contribution in [0.2, 0.25) is 0 Å². The first-order valence-electron chi connectivity index (χ1n) is 8.96. The predicted molar refractivity (Wildman–Crippen MR) is 106 cm³/mol. The van der Waals surface area contributed by atoms with Crippen LogP contribution in [0.25, 0.3) is 16.6 Å². The highest BCUT2D eigenvalue weighted by Crippen LogP contribution is 2.29. The Bertz CT molecular complexity index is 1050. The van der Waals surface area contributed by atoms with E-state index in [1.54, 1.807) is 18.2 Å². The van der Waals surface area contributed by atoms with Crippen molar-refractivity contribution >= 4 is 22.5 Å². The van der Waals surface area contributed by atoms with E-state index in [2.05, 4.69) is 35.1 Å². The lowest BCUT2D eigenvalue weighted by Crippen LogP contribution is -2.23. The highest BCUT2D eigenvalue weighted by molar-refractivity contribution is 5.95. The van der Waals surface area contributed by atoms with Crippen molar-refractivity contribution in [3.05, 3.63) is 65.5 Å². The minimum absolute atomic E-state index is 0.0957. The van der Waals surface area contributed by atoms with Gasteiger partial charge < -0.3 is 20.3 Å². The third-order valence-corrected chi connectivity index (χ3v) is 5.10. The maximum Gasteiger partial charge on any atom is 0.252 e. The molecule has 0 unspecified atom stereocenters. The van der Waals surface area contributed by atoms with Gasteiger partial charge in [-0.05, 0) is 54.4 Å². The van der Waals surface area contributed by atoms with Gasteiger partial charge in [-0.3, -0.25) is 4.79 Å². The Balaban J connectivity index is 1.67. The highest BCUT2D eigenvalue weighted by Gasteiger charge is 2.15. The molecule has 0 radical (unpaired) electrons. The third-order valence-electron chi connectivity index (χ3n) is 5.10.